The maximum absolute atomic E-state index is 13.5. The van der Waals surface area contributed by atoms with Gasteiger partial charge in [-0.25, -0.2) is 4.39 Å². The van der Waals surface area contributed by atoms with Crippen molar-refractivity contribution in [2.24, 2.45) is 17.6 Å². The molecule has 0 saturated heterocycles. The first-order valence-electron chi connectivity index (χ1n) is 8.12. The Morgan fingerprint density at radius 2 is 1.57 bits per heavy atom. The molecular weight excluding hydrogens is 263 g/mol. The van der Waals surface area contributed by atoms with E-state index in [0.29, 0.717) is 18.4 Å². The van der Waals surface area contributed by atoms with E-state index in [2.05, 4.69) is 32.6 Å². The molecule has 2 N–H and O–H groups in total. The van der Waals surface area contributed by atoms with E-state index in [9.17, 15) is 4.39 Å². The van der Waals surface area contributed by atoms with E-state index >= 15 is 0 Å². The fourth-order valence-electron chi connectivity index (χ4n) is 2.33. The Hall–Kier alpha value is -0.930. The molecule has 2 nitrogen and oxygen atoms in total. The van der Waals surface area contributed by atoms with Gasteiger partial charge in [-0.2, -0.15) is 0 Å². The fraction of sp³-hybridized carbons (Fsp3) is 0.667. The molecule has 0 heterocycles. The highest BCUT2D eigenvalue weighted by atomic mass is 19.1. The lowest BCUT2D eigenvalue weighted by Crippen LogP contribution is -2.28. The van der Waals surface area contributed by atoms with E-state index < -0.39 is 0 Å². The van der Waals surface area contributed by atoms with Crippen LogP contribution in [-0.4, -0.2) is 18.0 Å². The van der Waals surface area contributed by atoms with Gasteiger partial charge in [0.15, 0.2) is 0 Å². The maximum atomic E-state index is 13.5. The minimum absolute atomic E-state index is 0.171. The van der Waals surface area contributed by atoms with Crippen LogP contribution in [0.15, 0.2) is 18.2 Å². The van der Waals surface area contributed by atoms with Crippen molar-refractivity contribution in [2.75, 3.05) is 13.1 Å². The first kappa shape index (κ1) is 18.1. The van der Waals surface area contributed by atoms with Crippen LogP contribution in [-0.2, 0) is 13.1 Å². The lowest BCUT2D eigenvalue weighted by molar-refractivity contribution is 0.235. The Labute approximate surface area is 129 Å². The molecule has 0 atom stereocenters. The quantitative estimate of drug-likeness (QED) is 0.740. The predicted octanol–water partition coefficient (Wildman–Crippen LogP) is 4.18. The van der Waals surface area contributed by atoms with E-state index in [4.69, 9.17) is 5.73 Å². The van der Waals surface area contributed by atoms with Crippen LogP contribution < -0.4 is 5.73 Å². The van der Waals surface area contributed by atoms with E-state index in [-0.39, 0.29) is 5.82 Å². The highest BCUT2D eigenvalue weighted by Crippen LogP contribution is 2.16. The van der Waals surface area contributed by atoms with Crippen LogP contribution in [0.3, 0.4) is 0 Å². The highest BCUT2D eigenvalue weighted by molar-refractivity contribution is 5.27. The van der Waals surface area contributed by atoms with E-state index in [1.54, 1.807) is 6.07 Å². The van der Waals surface area contributed by atoms with Gasteiger partial charge in [0, 0.05) is 13.1 Å². The Bertz CT molecular complexity index is 404. The maximum Gasteiger partial charge on any atom is 0.123 e. The summed E-state index contributed by atoms with van der Waals surface area (Å²) in [6, 6.07) is 4.95. The van der Waals surface area contributed by atoms with Crippen molar-refractivity contribution in [3.8, 4) is 0 Å². The molecule has 0 aliphatic heterocycles. The third-order valence-corrected chi connectivity index (χ3v) is 3.83. The van der Waals surface area contributed by atoms with Crippen molar-refractivity contribution in [2.45, 2.75) is 53.6 Å². The van der Waals surface area contributed by atoms with Gasteiger partial charge in [0.25, 0.3) is 0 Å². The zero-order valence-electron chi connectivity index (χ0n) is 14.0. The monoisotopic (exact) mass is 294 g/mol. The van der Waals surface area contributed by atoms with Gasteiger partial charge in [-0.1, -0.05) is 33.8 Å². The van der Waals surface area contributed by atoms with Gasteiger partial charge in [0.1, 0.15) is 5.82 Å². The molecule has 0 radical (unpaired) electrons. The number of halogens is 1. The Morgan fingerprint density at radius 1 is 1.00 bits per heavy atom. The van der Waals surface area contributed by atoms with Crippen LogP contribution in [0.5, 0.6) is 0 Å². The zero-order chi connectivity index (χ0) is 15.8. The topological polar surface area (TPSA) is 29.3 Å². The summed E-state index contributed by atoms with van der Waals surface area (Å²) in [6.07, 6.45) is 2.34. The molecule has 0 amide bonds. The minimum Gasteiger partial charge on any atom is -0.326 e. The molecule has 1 aromatic carbocycles. The molecule has 0 spiro atoms. The van der Waals surface area contributed by atoms with Crippen molar-refractivity contribution in [3.05, 3.63) is 35.1 Å². The Balaban J connectivity index is 2.76. The van der Waals surface area contributed by atoms with Gasteiger partial charge in [-0.15, -0.1) is 0 Å². The zero-order valence-corrected chi connectivity index (χ0v) is 14.0. The second-order valence-corrected chi connectivity index (χ2v) is 6.76. The third-order valence-electron chi connectivity index (χ3n) is 3.83. The molecule has 1 aromatic rings. The summed E-state index contributed by atoms with van der Waals surface area (Å²) in [5.41, 5.74) is 7.86. The van der Waals surface area contributed by atoms with Gasteiger partial charge < -0.3 is 5.73 Å². The molecular formula is C18H31FN2. The molecule has 0 bridgehead atoms. The summed E-state index contributed by atoms with van der Waals surface area (Å²) >= 11 is 0. The van der Waals surface area contributed by atoms with Crippen LogP contribution in [0.2, 0.25) is 0 Å². The summed E-state index contributed by atoms with van der Waals surface area (Å²) in [5.74, 6) is 1.20. The summed E-state index contributed by atoms with van der Waals surface area (Å²) in [5, 5.41) is 0. The predicted molar refractivity (Wildman–Crippen MR) is 88.5 cm³/mol. The van der Waals surface area contributed by atoms with Crippen molar-refractivity contribution in [3.63, 3.8) is 0 Å². The first-order chi connectivity index (χ1) is 9.92. The van der Waals surface area contributed by atoms with Crippen LogP contribution in [0.4, 0.5) is 4.39 Å². The summed E-state index contributed by atoms with van der Waals surface area (Å²) in [4.78, 5) is 2.44. The van der Waals surface area contributed by atoms with Crippen LogP contribution in [0.1, 0.15) is 51.7 Å². The van der Waals surface area contributed by atoms with Crippen LogP contribution in [0.25, 0.3) is 0 Å². The smallest absolute Gasteiger partial charge is 0.123 e. The van der Waals surface area contributed by atoms with Gasteiger partial charge in [-0.05, 0) is 61.0 Å². The molecule has 0 aliphatic rings. The number of hydrogen-bond donors (Lipinski definition) is 1. The fourth-order valence-corrected chi connectivity index (χ4v) is 2.33. The molecule has 0 aliphatic carbocycles. The molecule has 21 heavy (non-hydrogen) atoms. The van der Waals surface area contributed by atoms with Crippen molar-refractivity contribution < 1.29 is 4.39 Å². The Kier molecular flexibility index (Phi) is 7.91. The summed E-state index contributed by atoms with van der Waals surface area (Å²) < 4.78 is 13.5. The molecule has 120 valence electrons. The van der Waals surface area contributed by atoms with Crippen LogP contribution in [0, 0.1) is 17.7 Å². The summed E-state index contributed by atoms with van der Waals surface area (Å²) in [7, 11) is 0. The number of rotatable bonds is 9. The number of nitrogens with zero attached hydrogens (tertiary/aromatic N) is 1. The number of hydrogen-bond acceptors (Lipinski definition) is 2. The SMILES string of the molecule is CC(C)CCN(CCC(C)C)Cc1cc(F)ccc1CN. The van der Waals surface area contributed by atoms with Gasteiger partial charge >= 0.3 is 0 Å². The first-order valence-corrected chi connectivity index (χ1v) is 8.12. The molecule has 0 fully saturated rings. The average molecular weight is 294 g/mol. The molecule has 0 unspecified atom stereocenters. The van der Waals surface area contributed by atoms with Gasteiger partial charge in [0.2, 0.25) is 0 Å². The number of nitrogens with two attached hydrogens (primary N) is 1. The lowest BCUT2D eigenvalue weighted by Gasteiger charge is -2.25. The Morgan fingerprint density at radius 3 is 2.05 bits per heavy atom. The van der Waals surface area contributed by atoms with E-state index in [1.165, 1.54) is 18.9 Å². The van der Waals surface area contributed by atoms with Gasteiger partial charge in [-0.3, -0.25) is 4.90 Å². The van der Waals surface area contributed by atoms with Crippen molar-refractivity contribution in [1.29, 1.82) is 0 Å². The van der Waals surface area contributed by atoms with E-state index in [1.807, 2.05) is 6.07 Å². The molecule has 0 saturated carbocycles. The number of benzene rings is 1. The van der Waals surface area contributed by atoms with Crippen molar-refractivity contribution in [1.82, 2.24) is 4.90 Å². The third kappa shape index (κ3) is 7.05. The lowest BCUT2D eigenvalue weighted by atomic mass is 10.0. The van der Waals surface area contributed by atoms with Gasteiger partial charge in [0.05, 0.1) is 0 Å². The van der Waals surface area contributed by atoms with E-state index in [0.717, 1.165) is 30.8 Å². The van der Waals surface area contributed by atoms with Crippen molar-refractivity contribution >= 4 is 0 Å². The standard InChI is InChI=1S/C18H31FN2/c1-14(2)7-9-21(10-8-15(3)4)13-17-11-18(19)6-5-16(17)12-20/h5-6,11,14-15H,7-10,12-13,20H2,1-4H3. The molecule has 0 aromatic heterocycles. The second-order valence-electron chi connectivity index (χ2n) is 6.76. The molecule has 3 heteroatoms. The molecule has 1 rings (SSSR count). The highest BCUT2D eigenvalue weighted by Gasteiger charge is 2.11. The average Bonchev–Trinajstić information content (AvgIpc) is 2.41. The normalized spacial score (nSPS) is 11.9. The largest absolute Gasteiger partial charge is 0.326 e. The second kappa shape index (κ2) is 9.16. The summed E-state index contributed by atoms with van der Waals surface area (Å²) in [6.45, 7) is 12.4. The van der Waals surface area contributed by atoms with Crippen LogP contribution >= 0.6 is 0 Å². The minimum atomic E-state index is -0.171.